The molecule has 0 aliphatic carbocycles. The van der Waals surface area contributed by atoms with Crippen LogP contribution in [0.15, 0.2) is 59.4 Å². The highest BCUT2D eigenvalue weighted by molar-refractivity contribution is 6.33. The average molecular weight is 416 g/mol. The van der Waals surface area contributed by atoms with Gasteiger partial charge in [-0.3, -0.25) is 0 Å². The minimum Gasteiger partial charge on any atom is -0.465 e. The van der Waals surface area contributed by atoms with E-state index in [0.29, 0.717) is 5.56 Å². The molecule has 6 nitrogen and oxygen atoms in total. The van der Waals surface area contributed by atoms with Crippen molar-refractivity contribution >= 4 is 17.6 Å². The molecule has 0 radical (unpaired) electrons. The second-order valence-corrected chi connectivity index (χ2v) is 6.36. The minimum absolute atomic E-state index is 0.00578. The van der Waals surface area contributed by atoms with Crippen LogP contribution in [0.5, 0.6) is 0 Å². The maximum absolute atomic E-state index is 14.4. The van der Waals surface area contributed by atoms with Crippen molar-refractivity contribution in [2.45, 2.75) is 0 Å². The lowest BCUT2D eigenvalue weighted by Gasteiger charge is -2.05. The maximum Gasteiger partial charge on any atom is 0.344 e. The SMILES string of the molecule is COC(=O)c1c(-c2c(F)cccc2Cl)noc1-c1cnn(-c2ccccc2F)c1. The quantitative estimate of drug-likeness (QED) is 0.443. The maximum atomic E-state index is 14.4. The molecule has 0 fully saturated rings. The third-order valence-corrected chi connectivity index (χ3v) is 4.54. The summed E-state index contributed by atoms with van der Waals surface area (Å²) in [5.74, 6) is -1.96. The monoisotopic (exact) mass is 415 g/mol. The van der Waals surface area contributed by atoms with E-state index in [-0.39, 0.29) is 33.3 Å². The lowest BCUT2D eigenvalue weighted by Crippen LogP contribution is -2.04. The predicted octanol–water partition coefficient (Wildman–Crippen LogP) is 4.91. The Morgan fingerprint density at radius 2 is 1.90 bits per heavy atom. The number of aromatic nitrogens is 3. The zero-order valence-electron chi connectivity index (χ0n) is 14.9. The van der Waals surface area contributed by atoms with Gasteiger partial charge in [-0.1, -0.05) is 35.0 Å². The molecule has 0 amide bonds. The van der Waals surface area contributed by atoms with E-state index < -0.39 is 17.6 Å². The molecule has 2 aromatic carbocycles. The number of para-hydroxylation sites is 1. The van der Waals surface area contributed by atoms with Gasteiger partial charge in [0.15, 0.2) is 5.76 Å². The summed E-state index contributed by atoms with van der Waals surface area (Å²) in [5.41, 5.74) is 0.211. The molecule has 0 aliphatic heterocycles. The fraction of sp³-hybridized carbons (Fsp3) is 0.0500. The summed E-state index contributed by atoms with van der Waals surface area (Å²) in [6.45, 7) is 0. The number of nitrogens with zero attached hydrogens (tertiary/aromatic N) is 3. The van der Waals surface area contributed by atoms with E-state index in [1.165, 1.54) is 54.5 Å². The third-order valence-electron chi connectivity index (χ3n) is 4.23. The van der Waals surface area contributed by atoms with Crippen molar-refractivity contribution in [3.63, 3.8) is 0 Å². The van der Waals surface area contributed by atoms with Crippen molar-refractivity contribution in [2.24, 2.45) is 0 Å². The Balaban J connectivity index is 1.87. The number of carbonyl (C=O) groups excluding carboxylic acids is 1. The predicted molar refractivity (Wildman–Crippen MR) is 101 cm³/mol. The van der Waals surface area contributed by atoms with E-state index in [2.05, 4.69) is 10.3 Å². The molecule has 0 aliphatic rings. The highest BCUT2D eigenvalue weighted by Gasteiger charge is 2.29. The van der Waals surface area contributed by atoms with Gasteiger partial charge in [0.1, 0.15) is 28.6 Å². The Bertz CT molecular complexity index is 1200. The van der Waals surface area contributed by atoms with Crippen LogP contribution in [0.4, 0.5) is 8.78 Å². The van der Waals surface area contributed by atoms with Crippen molar-refractivity contribution in [1.82, 2.24) is 14.9 Å². The third kappa shape index (κ3) is 3.27. The molecule has 0 spiro atoms. The van der Waals surface area contributed by atoms with Crippen molar-refractivity contribution < 1.29 is 22.8 Å². The minimum atomic E-state index is -0.797. The summed E-state index contributed by atoms with van der Waals surface area (Å²) in [7, 11) is 1.18. The van der Waals surface area contributed by atoms with Gasteiger partial charge in [0.05, 0.1) is 29.5 Å². The van der Waals surface area contributed by atoms with Crippen LogP contribution < -0.4 is 0 Å². The van der Waals surface area contributed by atoms with Gasteiger partial charge in [0.25, 0.3) is 0 Å². The molecule has 0 unspecified atom stereocenters. The number of rotatable bonds is 4. The molecular formula is C20H12ClF2N3O3. The molecule has 0 N–H and O–H groups in total. The van der Waals surface area contributed by atoms with Crippen molar-refractivity contribution in [2.75, 3.05) is 7.11 Å². The molecular weight excluding hydrogens is 404 g/mol. The van der Waals surface area contributed by atoms with Gasteiger partial charge in [-0.15, -0.1) is 0 Å². The van der Waals surface area contributed by atoms with Gasteiger partial charge < -0.3 is 9.26 Å². The summed E-state index contributed by atoms with van der Waals surface area (Å²) < 4.78 is 39.8. The van der Waals surface area contributed by atoms with Crippen LogP contribution in [-0.2, 0) is 4.74 Å². The topological polar surface area (TPSA) is 70.2 Å². The van der Waals surface area contributed by atoms with Gasteiger partial charge in [0.2, 0.25) is 0 Å². The highest BCUT2D eigenvalue weighted by Crippen LogP contribution is 2.37. The van der Waals surface area contributed by atoms with Crippen LogP contribution in [0, 0.1) is 11.6 Å². The van der Waals surface area contributed by atoms with Gasteiger partial charge in [-0.25, -0.2) is 18.3 Å². The van der Waals surface area contributed by atoms with Crippen LogP contribution in [0.3, 0.4) is 0 Å². The molecule has 2 aromatic heterocycles. The number of hydrogen-bond donors (Lipinski definition) is 0. The normalized spacial score (nSPS) is 10.9. The first-order valence-corrected chi connectivity index (χ1v) is 8.71. The summed E-state index contributed by atoms with van der Waals surface area (Å²) in [5, 5.41) is 8.00. The first-order valence-electron chi connectivity index (χ1n) is 8.33. The highest BCUT2D eigenvalue weighted by atomic mass is 35.5. The summed E-state index contributed by atoms with van der Waals surface area (Å²) in [6, 6.07) is 10.1. The van der Waals surface area contributed by atoms with E-state index in [1.807, 2.05) is 0 Å². The van der Waals surface area contributed by atoms with Crippen LogP contribution in [-0.4, -0.2) is 28.0 Å². The van der Waals surface area contributed by atoms with Gasteiger partial charge in [-0.2, -0.15) is 5.10 Å². The molecule has 9 heteroatoms. The van der Waals surface area contributed by atoms with Crippen LogP contribution in [0.1, 0.15) is 10.4 Å². The first kappa shape index (κ1) is 18.8. The number of carbonyl (C=O) groups is 1. The lowest BCUT2D eigenvalue weighted by atomic mass is 10.0. The number of halogens is 3. The average Bonchev–Trinajstić information content (AvgIpc) is 3.35. The Morgan fingerprint density at radius 1 is 1.14 bits per heavy atom. The molecule has 0 bridgehead atoms. The molecule has 0 saturated carbocycles. The number of esters is 1. The van der Waals surface area contributed by atoms with Gasteiger partial charge in [-0.05, 0) is 24.3 Å². The van der Waals surface area contributed by atoms with E-state index in [4.69, 9.17) is 20.9 Å². The molecule has 146 valence electrons. The molecule has 2 heterocycles. The fourth-order valence-corrected chi connectivity index (χ4v) is 3.14. The summed E-state index contributed by atoms with van der Waals surface area (Å²) >= 11 is 6.11. The van der Waals surface area contributed by atoms with Crippen LogP contribution in [0.2, 0.25) is 5.02 Å². The van der Waals surface area contributed by atoms with Crippen molar-refractivity contribution in [3.05, 3.63) is 77.1 Å². The Hall–Kier alpha value is -3.52. The van der Waals surface area contributed by atoms with Crippen molar-refractivity contribution in [3.8, 4) is 28.3 Å². The van der Waals surface area contributed by atoms with Gasteiger partial charge in [0, 0.05) is 6.20 Å². The van der Waals surface area contributed by atoms with E-state index in [9.17, 15) is 13.6 Å². The molecule has 4 aromatic rings. The summed E-state index contributed by atoms with van der Waals surface area (Å²) in [4.78, 5) is 12.4. The number of methoxy groups -OCH3 is 1. The van der Waals surface area contributed by atoms with Crippen molar-refractivity contribution in [1.29, 1.82) is 0 Å². The molecule has 4 rings (SSSR count). The number of ether oxygens (including phenoxy) is 1. The molecule has 29 heavy (non-hydrogen) atoms. The Labute approximate surface area is 168 Å². The zero-order valence-corrected chi connectivity index (χ0v) is 15.7. The lowest BCUT2D eigenvalue weighted by molar-refractivity contribution is 0.0602. The van der Waals surface area contributed by atoms with Crippen LogP contribution in [0.25, 0.3) is 28.3 Å². The second-order valence-electron chi connectivity index (χ2n) is 5.95. The summed E-state index contributed by atoms with van der Waals surface area (Å²) in [6.07, 6.45) is 2.82. The van der Waals surface area contributed by atoms with E-state index in [0.717, 1.165) is 0 Å². The van der Waals surface area contributed by atoms with Gasteiger partial charge >= 0.3 is 5.97 Å². The van der Waals surface area contributed by atoms with E-state index >= 15 is 0 Å². The van der Waals surface area contributed by atoms with E-state index in [1.54, 1.807) is 12.1 Å². The zero-order chi connectivity index (χ0) is 20.5. The molecule has 0 saturated heterocycles. The Kier molecular flexibility index (Phi) is 4.85. The first-order chi connectivity index (χ1) is 14.0. The smallest absolute Gasteiger partial charge is 0.344 e. The fourth-order valence-electron chi connectivity index (χ4n) is 2.88. The number of hydrogen-bond acceptors (Lipinski definition) is 5. The van der Waals surface area contributed by atoms with Crippen LogP contribution >= 0.6 is 11.6 Å². The Morgan fingerprint density at radius 3 is 2.62 bits per heavy atom. The number of benzene rings is 2. The second kappa shape index (κ2) is 7.48. The largest absolute Gasteiger partial charge is 0.465 e. The standard InChI is InChI=1S/C20H12ClF2N3O3/c1-28-20(27)17-18(16-12(21)5-4-7-14(16)23)25-29-19(17)11-9-24-26(10-11)15-8-3-2-6-13(15)22/h2-10H,1H3. The molecule has 0 atom stereocenters.